The lowest BCUT2D eigenvalue weighted by Gasteiger charge is -2.38. The van der Waals surface area contributed by atoms with Gasteiger partial charge in [0.25, 0.3) is 0 Å². The highest BCUT2D eigenvalue weighted by Gasteiger charge is 2.28. The zero-order chi connectivity index (χ0) is 16.2. The maximum atomic E-state index is 12.5. The van der Waals surface area contributed by atoms with Crippen LogP contribution in [0.2, 0.25) is 0 Å². The molecule has 1 amide bonds. The third-order valence-electron chi connectivity index (χ3n) is 4.34. The van der Waals surface area contributed by atoms with E-state index in [-0.39, 0.29) is 18.1 Å². The fourth-order valence-electron chi connectivity index (χ4n) is 3.23. The Morgan fingerprint density at radius 2 is 1.74 bits per heavy atom. The summed E-state index contributed by atoms with van der Waals surface area (Å²) in [5.41, 5.74) is 0. The van der Waals surface area contributed by atoms with E-state index >= 15 is 0 Å². The predicted octanol–water partition coefficient (Wildman–Crippen LogP) is 0.234. The number of nitrogens with zero attached hydrogens (tertiary/aromatic N) is 5. The molecule has 23 heavy (non-hydrogen) atoms. The molecule has 7 heteroatoms. The normalized spacial score (nSPS) is 26.3. The van der Waals surface area contributed by atoms with E-state index in [1.54, 1.807) is 12.4 Å². The number of carbonyl (C=O) groups is 1. The number of anilines is 1. The van der Waals surface area contributed by atoms with Crippen LogP contribution in [0.15, 0.2) is 18.5 Å². The molecule has 0 spiro atoms. The molecule has 2 aliphatic rings. The summed E-state index contributed by atoms with van der Waals surface area (Å²) in [4.78, 5) is 27.4. The van der Waals surface area contributed by atoms with E-state index in [1.165, 1.54) is 0 Å². The highest BCUT2D eigenvalue weighted by Crippen LogP contribution is 2.13. The molecule has 2 fully saturated rings. The maximum Gasteiger partial charge on any atom is 0.236 e. The van der Waals surface area contributed by atoms with Crippen molar-refractivity contribution in [1.29, 1.82) is 0 Å². The van der Waals surface area contributed by atoms with Crippen molar-refractivity contribution in [3.05, 3.63) is 18.5 Å². The first-order valence-corrected chi connectivity index (χ1v) is 8.29. The molecule has 0 aliphatic carbocycles. The molecule has 2 atom stereocenters. The van der Waals surface area contributed by atoms with Crippen LogP contribution in [0, 0.1) is 0 Å². The fraction of sp³-hybridized carbons (Fsp3) is 0.688. The second-order valence-electron chi connectivity index (χ2n) is 6.37. The van der Waals surface area contributed by atoms with Gasteiger partial charge in [0.2, 0.25) is 11.9 Å². The molecule has 0 N–H and O–H groups in total. The van der Waals surface area contributed by atoms with Gasteiger partial charge in [-0.15, -0.1) is 0 Å². The van der Waals surface area contributed by atoms with Gasteiger partial charge >= 0.3 is 0 Å². The second kappa shape index (κ2) is 7.23. The molecule has 126 valence electrons. The lowest BCUT2D eigenvalue weighted by atomic mass is 10.2. The summed E-state index contributed by atoms with van der Waals surface area (Å²) in [5, 5.41) is 0. The first-order valence-electron chi connectivity index (χ1n) is 8.29. The summed E-state index contributed by atoms with van der Waals surface area (Å²) in [5.74, 6) is 0.978. The van der Waals surface area contributed by atoms with Gasteiger partial charge in [-0.1, -0.05) is 0 Å². The standard InChI is InChI=1S/C16H25N5O2/c1-13-10-21(11-14(2)23-13)15(22)12-19-6-8-20(9-7-19)16-17-4-3-5-18-16/h3-5,13-14H,6-12H2,1-2H3/t13-,14-/m1/s1. The number of amides is 1. The molecule has 2 aliphatic heterocycles. The van der Waals surface area contributed by atoms with Crippen molar-refractivity contribution in [2.45, 2.75) is 26.1 Å². The number of ether oxygens (including phenoxy) is 1. The Bertz CT molecular complexity index is 508. The molecular weight excluding hydrogens is 294 g/mol. The molecule has 0 radical (unpaired) electrons. The van der Waals surface area contributed by atoms with E-state index < -0.39 is 0 Å². The fourth-order valence-corrected chi connectivity index (χ4v) is 3.23. The van der Waals surface area contributed by atoms with Crippen molar-refractivity contribution < 1.29 is 9.53 Å². The van der Waals surface area contributed by atoms with Crippen molar-refractivity contribution in [1.82, 2.24) is 19.8 Å². The number of carbonyl (C=O) groups excluding carboxylic acids is 1. The lowest BCUT2D eigenvalue weighted by Crippen LogP contribution is -2.54. The number of rotatable bonds is 3. The summed E-state index contributed by atoms with van der Waals surface area (Å²) in [6.45, 7) is 9.35. The van der Waals surface area contributed by atoms with E-state index in [1.807, 2.05) is 24.8 Å². The zero-order valence-corrected chi connectivity index (χ0v) is 13.9. The SMILES string of the molecule is C[C@@H]1CN(C(=O)CN2CCN(c3ncccn3)CC2)C[C@@H](C)O1. The van der Waals surface area contributed by atoms with Crippen molar-refractivity contribution in [3.8, 4) is 0 Å². The summed E-state index contributed by atoms with van der Waals surface area (Å²) < 4.78 is 5.69. The summed E-state index contributed by atoms with van der Waals surface area (Å²) in [6.07, 6.45) is 3.77. The Kier molecular flexibility index (Phi) is 5.07. The van der Waals surface area contributed by atoms with Crippen LogP contribution in [0.3, 0.4) is 0 Å². The minimum absolute atomic E-state index is 0.120. The first-order chi connectivity index (χ1) is 11.1. The van der Waals surface area contributed by atoms with Crippen LogP contribution in [0.25, 0.3) is 0 Å². The zero-order valence-electron chi connectivity index (χ0n) is 13.9. The van der Waals surface area contributed by atoms with Crippen LogP contribution in [-0.2, 0) is 9.53 Å². The summed E-state index contributed by atoms with van der Waals surface area (Å²) >= 11 is 0. The molecule has 2 saturated heterocycles. The van der Waals surface area contributed by atoms with Crippen LogP contribution < -0.4 is 4.90 Å². The Labute approximate surface area is 137 Å². The van der Waals surface area contributed by atoms with E-state index in [2.05, 4.69) is 19.8 Å². The Morgan fingerprint density at radius 1 is 1.13 bits per heavy atom. The number of aromatic nitrogens is 2. The second-order valence-corrected chi connectivity index (χ2v) is 6.37. The highest BCUT2D eigenvalue weighted by molar-refractivity contribution is 5.78. The largest absolute Gasteiger partial charge is 0.372 e. The van der Waals surface area contributed by atoms with Gasteiger partial charge in [0.1, 0.15) is 0 Å². The quantitative estimate of drug-likeness (QED) is 0.795. The third kappa shape index (κ3) is 4.17. The van der Waals surface area contributed by atoms with Crippen molar-refractivity contribution in [2.24, 2.45) is 0 Å². The van der Waals surface area contributed by atoms with Gasteiger partial charge < -0.3 is 14.5 Å². The maximum absolute atomic E-state index is 12.5. The van der Waals surface area contributed by atoms with Crippen molar-refractivity contribution in [2.75, 3.05) is 50.7 Å². The Hall–Kier alpha value is -1.73. The van der Waals surface area contributed by atoms with E-state index in [9.17, 15) is 4.79 Å². The van der Waals surface area contributed by atoms with E-state index in [4.69, 9.17) is 4.74 Å². The molecular formula is C16H25N5O2. The average molecular weight is 319 g/mol. The van der Waals surface area contributed by atoms with Crippen LogP contribution in [0.1, 0.15) is 13.8 Å². The summed E-state index contributed by atoms with van der Waals surface area (Å²) in [7, 11) is 0. The molecule has 3 rings (SSSR count). The Balaban J connectivity index is 1.48. The molecule has 0 bridgehead atoms. The molecule has 0 aromatic carbocycles. The number of hydrogen-bond acceptors (Lipinski definition) is 6. The van der Waals surface area contributed by atoms with Crippen molar-refractivity contribution in [3.63, 3.8) is 0 Å². The van der Waals surface area contributed by atoms with Crippen LogP contribution in [0.4, 0.5) is 5.95 Å². The molecule has 0 saturated carbocycles. The molecule has 7 nitrogen and oxygen atoms in total. The van der Waals surface area contributed by atoms with E-state index in [0.29, 0.717) is 19.6 Å². The van der Waals surface area contributed by atoms with Gasteiger partial charge in [-0.2, -0.15) is 0 Å². The van der Waals surface area contributed by atoms with Crippen LogP contribution >= 0.6 is 0 Å². The first kappa shape index (κ1) is 16.1. The average Bonchev–Trinajstić information content (AvgIpc) is 2.55. The van der Waals surface area contributed by atoms with Crippen LogP contribution in [-0.4, -0.2) is 83.7 Å². The number of piperazine rings is 1. The van der Waals surface area contributed by atoms with Gasteiger partial charge in [0, 0.05) is 51.7 Å². The van der Waals surface area contributed by atoms with Gasteiger partial charge in [-0.05, 0) is 19.9 Å². The lowest BCUT2D eigenvalue weighted by molar-refractivity contribution is -0.144. The smallest absolute Gasteiger partial charge is 0.236 e. The van der Waals surface area contributed by atoms with Gasteiger partial charge in [-0.3, -0.25) is 9.69 Å². The molecule has 3 heterocycles. The third-order valence-corrected chi connectivity index (χ3v) is 4.34. The number of hydrogen-bond donors (Lipinski definition) is 0. The summed E-state index contributed by atoms with van der Waals surface area (Å²) in [6, 6.07) is 1.82. The van der Waals surface area contributed by atoms with Crippen molar-refractivity contribution >= 4 is 11.9 Å². The molecule has 0 unspecified atom stereocenters. The Morgan fingerprint density at radius 3 is 2.35 bits per heavy atom. The molecule has 1 aromatic rings. The van der Waals surface area contributed by atoms with Gasteiger partial charge in [0.15, 0.2) is 0 Å². The number of morpholine rings is 1. The topological polar surface area (TPSA) is 61.8 Å². The van der Waals surface area contributed by atoms with E-state index in [0.717, 1.165) is 32.1 Å². The monoisotopic (exact) mass is 319 g/mol. The highest BCUT2D eigenvalue weighted by atomic mass is 16.5. The minimum Gasteiger partial charge on any atom is -0.372 e. The molecule has 1 aromatic heterocycles. The minimum atomic E-state index is 0.120. The van der Waals surface area contributed by atoms with Crippen LogP contribution in [0.5, 0.6) is 0 Å². The van der Waals surface area contributed by atoms with Gasteiger partial charge in [-0.25, -0.2) is 9.97 Å². The van der Waals surface area contributed by atoms with Gasteiger partial charge in [0.05, 0.1) is 18.8 Å². The predicted molar refractivity (Wildman–Crippen MR) is 87.3 cm³/mol.